The molecule has 4 heteroatoms. The molecule has 1 N–H and O–H groups in total. The summed E-state index contributed by atoms with van der Waals surface area (Å²) in [5, 5.41) is 3.36. The third kappa shape index (κ3) is 4.34. The zero-order valence-corrected chi connectivity index (χ0v) is 12.8. The number of nitrogens with one attached hydrogen (secondary N) is 1. The number of methoxy groups -OCH3 is 1. The molecule has 0 spiro atoms. The van der Waals surface area contributed by atoms with Gasteiger partial charge in [0.05, 0.1) is 0 Å². The number of halogens is 2. The first-order valence-electron chi connectivity index (χ1n) is 6.27. The van der Waals surface area contributed by atoms with Gasteiger partial charge in [-0.2, -0.15) is 0 Å². The van der Waals surface area contributed by atoms with E-state index in [2.05, 4.69) is 28.2 Å². The minimum Gasteiger partial charge on any atom is -0.385 e. The summed E-state index contributed by atoms with van der Waals surface area (Å²) in [5.74, 6) is 0.153. The molecular formula is C14H21BrFNO. The van der Waals surface area contributed by atoms with Crippen LogP contribution in [0.1, 0.15) is 31.9 Å². The highest BCUT2D eigenvalue weighted by Crippen LogP contribution is 2.28. The summed E-state index contributed by atoms with van der Waals surface area (Å²) in [7, 11) is 1.69. The van der Waals surface area contributed by atoms with E-state index in [9.17, 15) is 4.39 Å². The number of benzene rings is 1. The minimum atomic E-state index is -0.167. The molecule has 2 nitrogen and oxygen atoms in total. The first-order valence-corrected chi connectivity index (χ1v) is 7.06. The molecule has 0 radical (unpaired) electrons. The van der Waals surface area contributed by atoms with Gasteiger partial charge in [-0.15, -0.1) is 0 Å². The topological polar surface area (TPSA) is 21.3 Å². The number of hydrogen-bond acceptors (Lipinski definition) is 2. The van der Waals surface area contributed by atoms with Gasteiger partial charge in [-0.3, -0.25) is 0 Å². The first kappa shape index (κ1) is 15.6. The minimum absolute atomic E-state index is 0.0262. The van der Waals surface area contributed by atoms with Crippen molar-refractivity contribution in [2.45, 2.75) is 26.3 Å². The standard InChI is InChI=1S/C14H21BrFNO/c1-4-17-14(10(2)7-8-18-3)12-6-5-11(15)9-13(12)16/h5-6,9-10,14,17H,4,7-8H2,1-3H3. The Bertz CT molecular complexity index is 373. The van der Waals surface area contributed by atoms with Gasteiger partial charge in [-0.05, 0) is 31.0 Å². The van der Waals surface area contributed by atoms with Crippen LogP contribution >= 0.6 is 15.9 Å². The molecule has 2 unspecified atom stereocenters. The van der Waals surface area contributed by atoms with E-state index in [1.54, 1.807) is 7.11 Å². The van der Waals surface area contributed by atoms with Crippen LogP contribution < -0.4 is 5.32 Å². The Labute approximate surface area is 117 Å². The lowest BCUT2D eigenvalue weighted by Gasteiger charge is -2.25. The molecule has 0 aliphatic heterocycles. The van der Waals surface area contributed by atoms with Crippen molar-refractivity contribution in [3.8, 4) is 0 Å². The molecule has 1 aromatic rings. The van der Waals surface area contributed by atoms with Gasteiger partial charge in [0.1, 0.15) is 5.82 Å². The normalized spacial score (nSPS) is 14.5. The summed E-state index contributed by atoms with van der Waals surface area (Å²) in [6.45, 7) is 5.67. The summed E-state index contributed by atoms with van der Waals surface area (Å²) in [6.07, 6.45) is 0.906. The fourth-order valence-corrected chi connectivity index (χ4v) is 2.39. The Kier molecular flexibility index (Phi) is 6.82. The van der Waals surface area contributed by atoms with Crippen LogP contribution in [-0.4, -0.2) is 20.3 Å². The van der Waals surface area contributed by atoms with Crippen molar-refractivity contribution in [1.29, 1.82) is 0 Å². The first-order chi connectivity index (χ1) is 8.60. The smallest absolute Gasteiger partial charge is 0.129 e. The predicted octanol–water partition coefficient (Wildman–Crippen LogP) is 3.91. The molecule has 1 rings (SSSR count). The monoisotopic (exact) mass is 317 g/mol. The van der Waals surface area contributed by atoms with Gasteiger partial charge in [0.2, 0.25) is 0 Å². The Morgan fingerprint density at radius 1 is 1.44 bits per heavy atom. The summed E-state index contributed by atoms with van der Waals surface area (Å²) < 4.78 is 19.9. The Morgan fingerprint density at radius 3 is 2.72 bits per heavy atom. The molecule has 0 aliphatic rings. The van der Waals surface area contributed by atoms with Gasteiger partial charge in [0, 0.05) is 29.8 Å². The fourth-order valence-electron chi connectivity index (χ4n) is 2.06. The predicted molar refractivity (Wildman–Crippen MR) is 76.2 cm³/mol. The van der Waals surface area contributed by atoms with Crippen molar-refractivity contribution >= 4 is 15.9 Å². The van der Waals surface area contributed by atoms with Crippen molar-refractivity contribution in [1.82, 2.24) is 5.32 Å². The maximum atomic E-state index is 14.0. The molecule has 0 aromatic heterocycles. The Hall–Kier alpha value is -0.450. The van der Waals surface area contributed by atoms with E-state index in [0.717, 1.165) is 23.0 Å². The van der Waals surface area contributed by atoms with Crippen molar-refractivity contribution in [2.24, 2.45) is 5.92 Å². The lowest BCUT2D eigenvalue weighted by molar-refractivity contribution is 0.170. The molecule has 0 saturated carbocycles. The van der Waals surface area contributed by atoms with E-state index >= 15 is 0 Å². The Balaban J connectivity index is 2.88. The molecule has 1 aromatic carbocycles. The van der Waals surface area contributed by atoms with Crippen molar-refractivity contribution < 1.29 is 9.13 Å². The van der Waals surface area contributed by atoms with E-state index in [4.69, 9.17) is 4.74 Å². The second-order valence-corrected chi connectivity index (χ2v) is 5.38. The van der Waals surface area contributed by atoms with Crippen LogP contribution in [0.2, 0.25) is 0 Å². The molecule has 0 heterocycles. The zero-order valence-electron chi connectivity index (χ0n) is 11.2. The average molecular weight is 318 g/mol. The summed E-state index contributed by atoms with van der Waals surface area (Å²) >= 11 is 3.28. The molecule has 0 bridgehead atoms. The number of rotatable bonds is 7. The van der Waals surface area contributed by atoms with E-state index in [1.165, 1.54) is 6.07 Å². The van der Waals surface area contributed by atoms with E-state index in [1.807, 2.05) is 19.1 Å². The van der Waals surface area contributed by atoms with Crippen LogP contribution in [0.3, 0.4) is 0 Å². The van der Waals surface area contributed by atoms with Crippen LogP contribution in [-0.2, 0) is 4.74 Å². The molecule has 2 atom stereocenters. The second kappa shape index (κ2) is 7.87. The lowest BCUT2D eigenvalue weighted by atomic mass is 9.91. The summed E-state index contributed by atoms with van der Waals surface area (Å²) in [5.41, 5.74) is 0.726. The maximum Gasteiger partial charge on any atom is 0.129 e. The van der Waals surface area contributed by atoms with Gasteiger partial charge in [0.25, 0.3) is 0 Å². The van der Waals surface area contributed by atoms with Crippen LogP contribution in [0, 0.1) is 11.7 Å². The van der Waals surface area contributed by atoms with Crippen LogP contribution in [0.4, 0.5) is 4.39 Å². The molecular weight excluding hydrogens is 297 g/mol. The molecule has 18 heavy (non-hydrogen) atoms. The van der Waals surface area contributed by atoms with Gasteiger partial charge in [-0.1, -0.05) is 35.8 Å². The van der Waals surface area contributed by atoms with Crippen molar-refractivity contribution in [3.63, 3.8) is 0 Å². The molecule has 0 saturated heterocycles. The second-order valence-electron chi connectivity index (χ2n) is 4.46. The van der Waals surface area contributed by atoms with Crippen LogP contribution in [0.15, 0.2) is 22.7 Å². The zero-order chi connectivity index (χ0) is 13.5. The molecule has 0 fully saturated rings. The summed E-state index contributed by atoms with van der Waals surface area (Å²) in [4.78, 5) is 0. The largest absolute Gasteiger partial charge is 0.385 e. The van der Waals surface area contributed by atoms with Gasteiger partial charge in [-0.25, -0.2) is 4.39 Å². The van der Waals surface area contributed by atoms with Crippen molar-refractivity contribution in [3.05, 3.63) is 34.1 Å². The highest BCUT2D eigenvalue weighted by atomic mass is 79.9. The van der Waals surface area contributed by atoms with E-state index in [0.29, 0.717) is 12.5 Å². The average Bonchev–Trinajstić information content (AvgIpc) is 2.34. The molecule has 102 valence electrons. The third-order valence-corrected chi connectivity index (χ3v) is 3.56. The quantitative estimate of drug-likeness (QED) is 0.823. The third-order valence-electron chi connectivity index (χ3n) is 3.07. The van der Waals surface area contributed by atoms with Gasteiger partial charge >= 0.3 is 0 Å². The summed E-state index contributed by atoms with van der Waals surface area (Å²) in [6, 6.07) is 5.27. The van der Waals surface area contributed by atoms with Gasteiger partial charge < -0.3 is 10.1 Å². The highest BCUT2D eigenvalue weighted by Gasteiger charge is 2.21. The maximum absolute atomic E-state index is 14.0. The number of ether oxygens (including phenoxy) is 1. The molecule has 0 aliphatic carbocycles. The number of hydrogen-bond donors (Lipinski definition) is 1. The van der Waals surface area contributed by atoms with Gasteiger partial charge in [0.15, 0.2) is 0 Å². The lowest BCUT2D eigenvalue weighted by Crippen LogP contribution is -2.28. The Morgan fingerprint density at radius 2 is 2.17 bits per heavy atom. The SMILES string of the molecule is CCNC(c1ccc(Br)cc1F)C(C)CCOC. The fraction of sp³-hybridized carbons (Fsp3) is 0.571. The highest BCUT2D eigenvalue weighted by molar-refractivity contribution is 9.10. The van der Waals surface area contributed by atoms with Crippen LogP contribution in [0.5, 0.6) is 0 Å². The van der Waals surface area contributed by atoms with Crippen molar-refractivity contribution in [2.75, 3.05) is 20.3 Å². The van der Waals surface area contributed by atoms with Crippen LogP contribution in [0.25, 0.3) is 0 Å². The molecule has 0 amide bonds. The van der Waals surface area contributed by atoms with E-state index < -0.39 is 0 Å². The van der Waals surface area contributed by atoms with E-state index in [-0.39, 0.29) is 11.9 Å².